The number of rotatable bonds is 2. The minimum absolute atomic E-state index is 0.128. The van der Waals surface area contributed by atoms with Gasteiger partial charge < -0.3 is 10.5 Å². The van der Waals surface area contributed by atoms with Crippen LogP contribution in [0.5, 0.6) is 0 Å². The van der Waals surface area contributed by atoms with E-state index in [0.29, 0.717) is 5.92 Å². The lowest BCUT2D eigenvalue weighted by Gasteiger charge is -2.33. The van der Waals surface area contributed by atoms with Gasteiger partial charge in [0.05, 0.1) is 12.7 Å². The van der Waals surface area contributed by atoms with Crippen LogP contribution in [0, 0.1) is 5.92 Å². The van der Waals surface area contributed by atoms with E-state index < -0.39 is 0 Å². The van der Waals surface area contributed by atoms with E-state index in [9.17, 15) is 0 Å². The van der Waals surface area contributed by atoms with Crippen molar-refractivity contribution in [2.45, 2.75) is 44.2 Å². The first kappa shape index (κ1) is 11.2. The molecule has 1 fully saturated rings. The molecule has 17 heavy (non-hydrogen) atoms. The van der Waals surface area contributed by atoms with Crippen LogP contribution in [0.25, 0.3) is 0 Å². The van der Waals surface area contributed by atoms with Gasteiger partial charge >= 0.3 is 0 Å². The highest BCUT2D eigenvalue weighted by Gasteiger charge is 2.32. The fraction of sp³-hybridized carbons (Fsp3) is 0.600. The Bertz CT molecular complexity index is 384. The Balaban J connectivity index is 1.84. The van der Waals surface area contributed by atoms with Gasteiger partial charge in [0.1, 0.15) is 0 Å². The highest BCUT2D eigenvalue weighted by molar-refractivity contribution is 5.32. The van der Waals surface area contributed by atoms with Gasteiger partial charge in [-0.3, -0.25) is 0 Å². The van der Waals surface area contributed by atoms with E-state index in [2.05, 4.69) is 24.3 Å². The lowest BCUT2D eigenvalue weighted by atomic mass is 9.86. The molecule has 2 unspecified atom stereocenters. The van der Waals surface area contributed by atoms with Crippen LogP contribution in [-0.2, 0) is 11.2 Å². The molecule has 2 N–H and O–H groups in total. The molecule has 92 valence electrons. The van der Waals surface area contributed by atoms with Gasteiger partial charge in [-0.2, -0.15) is 0 Å². The number of nitrogens with two attached hydrogens (primary N) is 1. The van der Waals surface area contributed by atoms with Crippen molar-refractivity contribution < 1.29 is 4.74 Å². The van der Waals surface area contributed by atoms with Gasteiger partial charge in [0, 0.05) is 6.04 Å². The summed E-state index contributed by atoms with van der Waals surface area (Å²) in [5.41, 5.74) is 9.20. The third-order valence-corrected chi connectivity index (χ3v) is 4.32. The van der Waals surface area contributed by atoms with Crippen LogP contribution in [0.15, 0.2) is 24.3 Å². The smallest absolute Gasteiger partial charge is 0.0981 e. The maximum atomic E-state index is 6.44. The van der Waals surface area contributed by atoms with Crippen LogP contribution in [-0.4, -0.2) is 12.6 Å². The molecule has 0 radical (unpaired) electrons. The second-order valence-electron chi connectivity index (χ2n) is 5.36. The summed E-state index contributed by atoms with van der Waals surface area (Å²) in [5.74, 6) is 0.658. The molecule has 0 aromatic heterocycles. The Morgan fingerprint density at radius 3 is 2.76 bits per heavy atom. The van der Waals surface area contributed by atoms with Crippen molar-refractivity contribution in [2.75, 3.05) is 6.61 Å². The number of hydrogen-bond acceptors (Lipinski definition) is 2. The fourth-order valence-electron chi connectivity index (χ4n) is 3.33. The predicted octanol–water partition coefficient (Wildman–Crippen LogP) is 2.82. The molecule has 1 aliphatic heterocycles. The maximum absolute atomic E-state index is 6.44. The normalized spacial score (nSPS) is 26.8. The lowest BCUT2D eigenvalue weighted by Crippen LogP contribution is -2.38. The topological polar surface area (TPSA) is 35.2 Å². The van der Waals surface area contributed by atoms with Crippen molar-refractivity contribution in [1.29, 1.82) is 0 Å². The summed E-state index contributed by atoms with van der Waals surface area (Å²) < 4.78 is 5.95. The summed E-state index contributed by atoms with van der Waals surface area (Å²) in [5, 5.41) is 0. The van der Waals surface area contributed by atoms with Gasteiger partial charge in [-0.15, -0.1) is 0 Å². The van der Waals surface area contributed by atoms with E-state index in [1.165, 1.54) is 36.8 Å². The van der Waals surface area contributed by atoms with Gasteiger partial charge in [-0.25, -0.2) is 0 Å². The standard InChI is InChI=1S/C15H21NO/c16-14(12-6-1-2-7-12)15-13-8-4-3-5-11(13)9-10-17-15/h3-5,8,12,14-15H,1-2,6-7,9-10,16H2. The summed E-state index contributed by atoms with van der Waals surface area (Å²) in [6.07, 6.45) is 6.40. The average molecular weight is 231 g/mol. The van der Waals surface area contributed by atoms with E-state index in [0.717, 1.165) is 13.0 Å². The Kier molecular flexibility index (Phi) is 3.17. The fourth-order valence-corrected chi connectivity index (χ4v) is 3.33. The van der Waals surface area contributed by atoms with E-state index in [4.69, 9.17) is 10.5 Å². The lowest BCUT2D eigenvalue weighted by molar-refractivity contribution is 0.0112. The number of benzene rings is 1. The van der Waals surface area contributed by atoms with Crippen molar-refractivity contribution in [3.8, 4) is 0 Å². The van der Waals surface area contributed by atoms with E-state index >= 15 is 0 Å². The van der Waals surface area contributed by atoms with Crippen molar-refractivity contribution in [2.24, 2.45) is 11.7 Å². The van der Waals surface area contributed by atoms with E-state index in [1.54, 1.807) is 0 Å². The van der Waals surface area contributed by atoms with Gasteiger partial charge in [0.15, 0.2) is 0 Å². The van der Waals surface area contributed by atoms with Crippen molar-refractivity contribution in [1.82, 2.24) is 0 Å². The summed E-state index contributed by atoms with van der Waals surface area (Å²) in [6, 6.07) is 8.80. The Morgan fingerprint density at radius 1 is 1.18 bits per heavy atom. The summed E-state index contributed by atoms with van der Waals surface area (Å²) in [6.45, 7) is 0.822. The molecule has 1 aromatic rings. The van der Waals surface area contributed by atoms with Crippen LogP contribution >= 0.6 is 0 Å². The van der Waals surface area contributed by atoms with Crippen molar-refractivity contribution in [3.05, 3.63) is 35.4 Å². The van der Waals surface area contributed by atoms with Gasteiger partial charge in [-0.05, 0) is 36.3 Å². The van der Waals surface area contributed by atoms with Crippen LogP contribution in [0.1, 0.15) is 42.9 Å². The zero-order valence-corrected chi connectivity index (χ0v) is 10.3. The molecule has 1 aliphatic carbocycles. The summed E-state index contributed by atoms with van der Waals surface area (Å²) in [4.78, 5) is 0. The highest BCUT2D eigenvalue weighted by Crippen LogP contribution is 2.36. The minimum Gasteiger partial charge on any atom is -0.372 e. The Morgan fingerprint density at radius 2 is 1.94 bits per heavy atom. The second-order valence-corrected chi connectivity index (χ2v) is 5.36. The largest absolute Gasteiger partial charge is 0.372 e. The highest BCUT2D eigenvalue weighted by atomic mass is 16.5. The molecular formula is C15H21NO. The molecule has 2 nitrogen and oxygen atoms in total. The van der Waals surface area contributed by atoms with Crippen molar-refractivity contribution in [3.63, 3.8) is 0 Å². The molecule has 0 amide bonds. The molecule has 0 spiro atoms. The maximum Gasteiger partial charge on any atom is 0.0981 e. The first-order chi connectivity index (χ1) is 8.36. The third kappa shape index (κ3) is 2.12. The molecular weight excluding hydrogens is 210 g/mol. The molecule has 1 aromatic carbocycles. The third-order valence-electron chi connectivity index (χ3n) is 4.32. The average Bonchev–Trinajstić information content (AvgIpc) is 2.91. The second kappa shape index (κ2) is 4.79. The van der Waals surface area contributed by atoms with Crippen LogP contribution in [0.4, 0.5) is 0 Å². The molecule has 0 bridgehead atoms. The van der Waals surface area contributed by atoms with Crippen LogP contribution in [0.3, 0.4) is 0 Å². The SMILES string of the molecule is NC(C1CCCC1)C1OCCc2ccccc21. The van der Waals surface area contributed by atoms with Gasteiger partial charge in [0.2, 0.25) is 0 Å². The first-order valence-electron chi connectivity index (χ1n) is 6.81. The predicted molar refractivity (Wildman–Crippen MR) is 68.8 cm³/mol. The van der Waals surface area contributed by atoms with Gasteiger partial charge in [-0.1, -0.05) is 37.1 Å². The molecule has 1 saturated carbocycles. The Hall–Kier alpha value is -0.860. The monoisotopic (exact) mass is 231 g/mol. The summed E-state index contributed by atoms with van der Waals surface area (Å²) in [7, 11) is 0. The van der Waals surface area contributed by atoms with Gasteiger partial charge in [0.25, 0.3) is 0 Å². The molecule has 0 saturated heterocycles. The van der Waals surface area contributed by atoms with Crippen LogP contribution in [0.2, 0.25) is 0 Å². The molecule has 2 aliphatic rings. The molecule has 3 rings (SSSR count). The molecule has 2 heteroatoms. The van der Waals surface area contributed by atoms with E-state index in [1.807, 2.05) is 0 Å². The van der Waals surface area contributed by atoms with Crippen LogP contribution < -0.4 is 5.73 Å². The first-order valence-corrected chi connectivity index (χ1v) is 6.81. The zero-order chi connectivity index (χ0) is 11.7. The van der Waals surface area contributed by atoms with E-state index in [-0.39, 0.29) is 12.1 Å². The molecule has 1 heterocycles. The quantitative estimate of drug-likeness (QED) is 0.849. The Labute approximate surface area is 103 Å². The van der Waals surface area contributed by atoms with Crippen molar-refractivity contribution >= 4 is 0 Å². The number of hydrogen-bond donors (Lipinski definition) is 1. The zero-order valence-electron chi connectivity index (χ0n) is 10.3. The summed E-state index contributed by atoms with van der Waals surface area (Å²) >= 11 is 0. The molecule has 2 atom stereocenters. The minimum atomic E-state index is 0.128. The number of ether oxygens (including phenoxy) is 1. The number of fused-ring (bicyclic) bond motifs is 1.